The summed E-state index contributed by atoms with van der Waals surface area (Å²) in [7, 11) is 1.94. The second-order valence-corrected chi connectivity index (χ2v) is 13.9. The fourth-order valence-electron chi connectivity index (χ4n) is 5.62. The summed E-state index contributed by atoms with van der Waals surface area (Å²) in [6.45, 7) is 13.6. The van der Waals surface area contributed by atoms with Crippen molar-refractivity contribution in [1.82, 2.24) is 25.6 Å². The monoisotopic (exact) mass is 681 g/mol. The molecule has 5 atom stereocenters. The molecule has 47 heavy (non-hydrogen) atoms. The van der Waals surface area contributed by atoms with Crippen molar-refractivity contribution in [2.75, 3.05) is 26.7 Å². The molecule has 13 heteroatoms. The number of hydrogen-bond donors (Lipinski definition) is 3. The van der Waals surface area contributed by atoms with E-state index in [0.717, 1.165) is 75.7 Å². The second-order valence-electron chi connectivity index (χ2n) is 13.0. The Bertz CT molecular complexity index is 1120. The van der Waals surface area contributed by atoms with Crippen molar-refractivity contribution in [3.05, 3.63) is 16.1 Å². The third-order valence-corrected chi connectivity index (χ3v) is 9.82. The topological polar surface area (TPSA) is 150 Å². The van der Waals surface area contributed by atoms with Gasteiger partial charge in [-0.1, -0.05) is 80.1 Å². The highest BCUT2D eigenvalue weighted by molar-refractivity contribution is 7.09. The number of amides is 3. The van der Waals surface area contributed by atoms with E-state index in [1.165, 1.54) is 10.4 Å². The van der Waals surface area contributed by atoms with Crippen LogP contribution >= 0.6 is 11.3 Å². The number of nitrogens with zero attached hydrogens (tertiary/aromatic N) is 3. The van der Waals surface area contributed by atoms with Crippen molar-refractivity contribution in [3.63, 3.8) is 0 Å². The normalized spacial score (nSPS) is 17.8. The predicted molar refractivity (Wildman–Crippen MR) is 183 cm³/mol. The molecule has 1 fully saturated rings. The molecule has 0 unspecified atom stereocenters. The van der Waals surface area contributed by atoms with Crippen LogP contribution in [0.1, 0.15) is 134 Å². The van der Waals surface area contributed by atoms with E-state index < -0.39 is 30.3 Å². The van der Waals surface area contributed by atoms with Crippen molar-refractivity contribution in [2.45, 2.75) is 136 Å². The maximum Gasteiger partial charge on any atom is 0.407 e. The minimum Gasteiger partial charge on any atom is -0.476 e. The van der Waals surface area contributed by atoms with Crippen LogP contribution in [0.4, 0.5) is 4.79 Å². The fraction of sp³-hybridized carbons (Fsp3) is 0.794. The van der Waals surface area contributed by atoms with E-state index in [2.05, 4.69) is 22.5 Å². The van der Waals surface area contributed by atoms with Gasteiger partial charge in [-0.05, 0) is 51.1 Å². The molecule has 0 radical (unpaired) electrons. The Morgan fingerprint density at radius 3 is 2.40 bits per heavy atom. The number of aromatic nitrogens is 1. The third-order valence-electron chi connectivity index (χ3n) is 8.89. The lowest BCUT2D eigenvalue weighted by Gasteiger charge is -2.39. The SMILES string of the molecule is CCCCCCON(C(=O)[C@@H](NC(=O)[C@H]1CCCCN1C)[C@@H](C)CC)[C@H](C[C@@H](OC(=O)NCCCC)c1nc(C(=O)O)cs1)C(C)C. The Balaban J connectivity index is 2.46. The number of carboxylic acids is 1. The third kappa shape index (κ3) is 13.0. The molecule has 0 bridgehead atoms. The second kappa shape index (κ2) is 21.3. The van der Waals surface area contributed by atoms with Gasteiger partial charge in [0.15, 0.2) is 11.8 Å². The van der Waals surface area contributed by atoms with Gasteiger partial charge in [-0.25, -0.2) is 19.6 Å². The van der Waals surface area contributed by atoms with Crippen molar-refractivity contribution >= 4 is 35.2 Å². The molecule has 2 rings (SSSR count). The van der Waals surface area contributed by atoms with Crippen LogP contribution in [0, 0.1) is 11.8 Å². The zero-order chi connectivity index (χ0) is 34.9. The van der Waals surface area contributed by atoms with E-state index in [-0.39, 0.29) is 41.8 Å². The highest BCUT2D eigenvalue weighted by Crippen LogP contribution is 2.32. The number of rotatable bonds is 21. The molecule has 0 aromatic carbocycles. The zero-order valence-electron chi connectivity index (χ0n) is 29.6. The number of nitrogens with one attached hydrogen (secondary N) is 2. The van der Waals surface area contributed by atoms with Gasteiger partial charge in [-0.15, -0.1) is 11.3 Å². The number of likely N-dealkylation sites (tertiary alicyclic amines) is 1. The number of thiazole rings is 1. The van der Waals surface area contributed by atoms with Gasteiger partial charge >= 0.3 is 12.1 Å². The molecule has 12 nitrogen and oxygen atoms in total. The zero-order valence-corrected chi connectivity index (χ0v) is 30.4. The summed E-state index contributed by atoms with van der Waals surface area (Å²) in [5.74, 6) is -2.02. The number of carbonyl (C=O) groups excluding carboxylic acids is 3. The summed E-state index contributed by atoms with van der Waals surface area (Å²) < 4.78 is 5.87. The molecule has 1 aromatic heterocycles. The molecule has 1 saturated heterocycles. The molecular weight excluding hydrogens is 622 g/mol. The van der Waals surface area contributed by atoms with Crippen LogP contribution in [0.15, 0.2) is 5.38 Å². The average Bonchev–Trinajstić information content (AvgIpc) is 3.54. The number of carbonyl (C=O) groups is 4. The van der Waals surface area contributed by atoms with Crippen LogP contribution < -0.4 is 10.6 Å². The van der Waals surface area contributed by atoms with Gasteiger partial charge in [0.1, 0.15) is 11.0 Å². The average molecular weight is 682 g/mol. The van der Waals surface area contributed by atoms with Gasteiger partial charge in [0, 0.05) is 18.3 Å². The summed E-state index contributed by atoms with van der Waals surface area (Å²) in [5.41, 5.74) is -0.140. The number of piperidine rings is 1. The Morgan fingerprint density at radius 1 is 1.09 bits per heavy atom. The first-order valence-corrected chi connectivity index (χ1v) is 18.4. The number of likely N-dealkylation sites (N-methyl/N-ethyl adjacent to an activating group) is 1. The maximum absolute atomic E-state index is 14.6. The van der Waals surface area contributed by atoms with Crippen molar-refractivity contribution in [2.24, 2.45) is 11.8 Å². The molecule has 0 aliphatic carbocycles. The Labute approximate surface area is 285 Å². The highest BCUT2D eigenvalue weighted by atomic mass is 32.1. The van der Waals surface area contributed by atoms with Gasteiger partial charge in [0.2, 0.25) is 5.91 Å². The summed E-state index contributed by atoms with van der Waals surface area (Å²) in [4.78, 5) is 65.3. The van der Waals surface area contributed by atoms with E-state index in [4.69, 9.17) is 9.57 Å². The maximum atomic E-state index is 14.6. The fourth-order valence-corrected chi connectivity index (χ4v) is 6.45. The largest absolute Gasteiger partial charge is 0.476 e. The van der Waals surface area contributed by atoms with Crippen LogP contribution in [0.3, 0.4) is 0 Å². The van der Waals surface area contributed by atoms with Gasteiger partial charge in [-0.3, -0.25) is 19.3 Å². The number of carboxylic acid groups (broad SMARTS) is 1. The minimum atomic E-state index is -1.18. The lowest BCUT2D eigenvalue weighted by atomic mass is 9.93. The minimum absolute atomic E-state index is 0.124. The Hall–Kier alpha value is -2.77. The van der Waals surface area contributed by atoms with Gasteiger partial charge in [0.25, 0.3) is 5.91 Å². The molecule has 3 amide bonds. The molecule has 1 aliphatic rings. The van der Waals surface area contributed by atoms with E-state index in [1.54, 1.807) is 0 Å². The molecular formula is C34H59N5O7S. The van der Waals surface area contributed by atoms with Crippen LogP contribution in [0.5, 0.6) is 0 Å². The Morgan fingerprint density at radius 2 is 1.81 bits per heavy atom. The number of unbranched alkanes of at least 4 members (excludes halogenated alkanes) is 4. The van der Waals surface area contributed by atoms with Gasteiger partial charge < -0.3 is 20.5 Å². The van der Waals surface area contributed by atoms with E-state index in [9.17, 15) is 24.3 Å². The lowest BCUT2D eigenvalue weighted by Crippen LogP contribution is -2.58. The quantitative estimate of drug-likeness (QED) is 0.102. The van der Waals surface area contributed by atoms with E-state index >= 15 is 0 Å². The molecule has 3 N–H and O–H groups in total. The number of alkyl carbamates (subject to hydrolysis) is 1. The molecule has 2 heterocycles. The van der Waals surface area contributed by atoms with Crippen molar-refractivity contribution in [1.29, 1.82) is 0 Å². The molecule has 268 valence electrons. The molecule has 1 aliphatic heterocycles. The number of ether oxygens (including phenoxy) is 1. The number of aromatic carboxylic acids is 1. The molecule has 0 spiro atoms. The molecule has 0 saturated carbocycles. The standard InChI is InChI=1S/C34H59N5O7S/c1-8-11-13-16-20-45-39(32(41)29(24(6)10-3)37-30(40)26-17-14-15-19-38(26)7)27(23(4)5)21-28(46-34(44)35-18-12-9-2)31-36-25(22-47-31)33(42)43/h22-24,26-29H,8-21H2,1-7H3,(H,35,44)(H,37,40)(H,42,43)/t24-,26+,27+,28+,29-/m0/s1. The van der Waals surface area contributed by atoms with Crippen LogP contribution in [-0.4, -0.2) is 88.8 Å². The van der Waals surface area contributed by atoms with Gasteiger partial charge in [-0.2, -0.15) is 0 Å². The predicted octanol–water partition coefficient (Wildman–Crippen LogP) is 6.18. The first-order chi connectivity index (χ1) is 22.4. The van der Waals surface area contributed by atoms with E-state index in [0.29, 0.717) is 24.6 Å². The van der Waals surface area contributed by atoms with Crippen LogP contribution in [0.2, 0.25) is 0 Å². The number of hydrogen-bond acceptors (Lipinski definition) is 9. The van der Waals surface area contributed by atoms with Gasteiger partial charge in [0.05, 0.1) is 18.7 Å². The van der Waals surface area contributed by atoms with Crippen molar-refractivity contribution in [3.8, 4) is 0 Å². The Kier molecular flexibility index (Phi) is 18.3. The smallest absolute Gasteiger partial charge is 0.407 e. The summed E-state index contributed by atoms with van der Waals surface area (Å²) >= 11 is 1.09. The molecule has 1 aromatic rings. The van der Waals surface area contributed by atoms with Crippen LogP contribution in [-0.2, 0) is 19.2 Å². The summed E-state index contributed by atoms with van der Waals surface area (Å²) in [6.07, 6.45) is 7.42. The van der Waals surface area contributed by atoms with E-state index in [1.807, 2.05) is 46.6 Å². The number of hydroxylamine groups is 2. The highest BCUT2D eigenvalue weighted by Gasteiger charge is 2.40. The lowest BCUT2D eigenvalue weighted by molar-refractivity contribution is -0.212. The van der Waals surface area contributed by atoms with Crippen molar-refractivity contribution < 1.29 is 33.9 Å². The first-order valence-electron chi connectivity index (χ1n) is 17.5. The summed E-state index contributed by atoms with van der Waals surface area (Å²) in [5, 5.41) is 18.5. The summed E-state index contributed by atoms with van der Waals surface area (Å²) in [6, 6.07) is -1.71. The van der Waals surface area contributed by atoms with Crippen LogP contribution in [0.25, 0.3) is 0 Å². The first kappa shape index (κ1) is 40.4.